The first kappa shape index (κ1) is 12.8. The summed E-state index contributed by atoms with van der Waals surface area (Å²) in [5.74, 6) is 7.08. The molecule has 0 fully saturated rings. The lowest BCUT2D eigenvalue weighted by molar-refractivity contribution is 0.218. The number of nitrogens with zero attached hydrogens (tertiary/aromatic N) is 2. The fourth-order valence-corrected chi connectivity index (χ4v) is 4.23. The predicted molar refractivity (Wildman–Crippen MR) is 80.2 cm³/mol. The molecule has 2 heterocycles. The van der Waals surface area contributed by atoms with Crippen molar-refractivity contribution < 1.29 is 0 Å². The molecule has 3 N–H and O–H groups in total. The molecule has 2 aromatic heterocycles. The Morgan fingerprint density at radius 2 is 2.16 bits per heavy atom. The molecule has 4 nitrogen and oxygen atoms in total. The van der Waals surface area contributed by atoms with Crippen molar-refractivity contribution in [1.29, 1.82) is 0 Å². The van der Waals surface area contributed by atoms with Crippen LogP contribution in [0.3, 0.4) is 0 Å². The van der Waals surface area contributed by atoms with Crippen LogP contribution in [0.25, 0.3) is 10.2 Å². The highest BCUT2D eigenvalue weighted by Crippen LogP contribution is 2.43. The van der Waals surface area contributed by atoms with Gasteiger partial charge in [0.15, 0.2) is 5.82 Å². The van der Waals surface area contributed by atoms with Crippen LogP contribution in [-0.4, -0.2) is 9.97 Å². The van der Waals surface area contributed by atoms with Gasteiger partial charge in [-0.15, -0.1) is 11.3 Å². The zero-order valence-corrected chi connectivity index (χ0v) is 12.5. The van der Waals surface area contributed by atoms with Crippen molar-refractivity contribution >= 4 is 27.4 Å². The number of aromatic nitrogens is 2. The molecule has 1 aliphatic rings. The zero-order valence-electron chi connectivity index (χ0n) is 11.7. The van der Waals surface area contributed by atoms with Crippen LogP contribution in [0.1, 0.15) is 37.6 Å². The van der Waals surface area contributed by atoms with E-state index in [-0.39, 0.29) is 0 Å². The van der Waals surface area contributed by atoms with Gasteiger partial charge < -0.3 is 5.43 Å². The van der Waals surface area contributed by atoms with E-state index in [1.807, 2.05) is 0 Å². The Morgan fingerprint density at radius 3 is 2.84 bits per heavy atom. The molecule has 5 heteroatoms. The van der Waals surface area contributed by atoms with E-state index >= 15 is 0 Å². The summed E-state index contributed by atoms with van der Waals surface area (Å²) in [4.78, 5) is 11.2. The van der Waals surface area contributed by atoms with Crippen LogP contribution in [0.2, 0.25) is 0 Å². The van der Waals surface area contributed by atoms with Crippen LogP contribution in [-0.2, 0) is 12.8 Å². The normalized spacial score (nSPS) is 19.5. The number of rotatable bonds is 1. The van der Waals surface area contributed by atoms with Crippen molar-refractivity contribution in [2.24, 2.45) is 17.2 Å². The molecule has 0 aromatic carbocycles. The number of hydrazine groups is 1. The number of thiophene rings is 1. The highest BCUT2D eigenvalue weighted by molar-refractivity contribution is 7.19. The molecule has 0 amide bonds. The van der Waals surface area contributed by atoms with Gasteiger partial charge in [0.25, 0.3) is 0 Å². The SMILES string of the molecule is CC(C)(C)C1CCc2c(sc3ncnc(NN)c23)C1. The van der Waals surface area contributed by atoms with Crippen molar-refractivity contribution in [2.75, 3.05) is 5.43 Å². The molecule has 2 aromatic rings. The van der Waals surface area contributed by atoms with E-state index in [1.165, 1.54) is 16.9 Å². The van der Waals surface area contributed by atoms with Gasteiger partial charge in [-0.25, -0.2) is 15.8 Å². The Kier molecular flexibility index (Phi) is 2.98. The summed E-state index contributed by atoms with van der Waals surface area (Å²) in [6.07, 6.45) is 5.09. The lowest BCUT2D eigenvalue weighted by Gasteiger charge is -2.33. The second-order valence-corrected chi connectivity index (χ2v) is 7.44. The minimum atomic E-state index is 0.370. The molecule has 1 unspecified atom stereocenters. The van der Waals surface area contributed by atoms with Gasteiger partial charge in [-0.1, -0.05) is 20.8 Å². The summed E-state index contributed by atoms with van der Waals surface area (Å²) in [7, 11) is 0. The largest absolute Gasteiger partial charge is 0.308 e. The van der Waals surface area contributed by atoms with Gasteiger partial charge in [0.2, 0.25) is 0 Å². The van der Waals surface area contributed by atoms with Gasteiger partial charge in [-0.05, 0) is 36.2 Å². The summed E-state index contributed by atoms with van der Waals surface area (Å²) >= 11 is 1.80. The van der Waals surface area contributed by atoms with Crippen molar-refractivity contribution in [3.05, 3.63) is 16.8 Å². The number of nitrogen functional groups attached to an aromatic ring is 1. The molecule has 102 valence electrons. The number of nitrogens with one attached hydrogen (secondary N) is 1. The molecule has 0 bridgehead atoms. The fraction of sp³-hybridized carbons (Fsp3) is 0.571. The quantitative estimate of drug-likeness (QED) is 0.620. The van der Waals surface area contributed by atoms with E-state index in [1.54, 1.807) is 17.7 Å². The minimum absolute atomic E-state index is 0.370. The lowest BCUT2D eigenvalue weighted by atomic mass is 9.72. The lowest BCUT2D eigenvalue weighted by Crippen LogP contribution is -2.26. The molecule has 3 rings (SSSR count). The molecule has 0 saturated heterocycles. The van der Waals surface area contributed by atoms with Crippen LogP contribution < -0.4 is 11.3 Å². The number of fused-ring (bicyclic) bond motifs is 3. The highest BCUT2D eigenvalue weighted by Gasteiger charge is 2.31. The predicted octanol–water partition coefficient (Wildman–Crippen LogP) is 3.13. The highest BCUT2D eigenvalue weighted by atomic mass is 32.1. The van der Waals surface area contributed by atoms with Gasteiger partial charge in [-0.3, -0.25) is 0 Å². The van der Waals surface area contributed by atoms with Gasteiger partial charge >= 0.3 is 0 Å². The first-order valence-corrected chi connectivity index (χ1v) is 7.54. The van der Waals surface area contributed by atoms with E-state index < -0.39 is 0 Å². The number of hydrogen-bond acceptors (Lipinski definition) is 5. The third-order valence-corrected chi connectivity index (χ3v) is 5.37. The molecule has 19 heavy (non-hydrogen) atoms. The second-order valence-electron chi connectivity index (χ2n) is 6.36. The Bertz CT molecular complexity index is 612. The Morgan fingerprint density at radius 1 is 1.37 bits per heavy atom. The number of anilines is 1. The molecule has 0 spiro atoms. The Balaban J connectivity index is 2.08. The Labute approximate surface area is 117 Å². The number of nitrogens with two attached hydrogens (primary N) is 1. The van der Waals surface area contributed by atoms with Crippen LogP contribution in [0.15, 0.2) is 6.33 Å². The fourth-order valence-electron chi connectivity index (χ4n) is 2.96. The third kappa shape index (κ3) is 2.11. The van der Waals surface area contributed by atoms with Gasteiger partial charge in [0.05, 0.1) is 5.39 Å². The summed E-state index contributed by atoms with van der Waals surface area (Å²) in [5.41, 5.74) is 4.48. The first-order chi connectivity index (χ1) is 9.00. The van der Waals surface area contributed by atoms with E-state index in [9.17, 15) is 0 Å². The molecular weight excluding hydrogens is 256 g/mol. The second kappa shape index (κ2) is 4.42. The van der Waals surface area contributed by atoms with Crippen LogP contribution in [0, 0.1) is 11.3 Å². The van der Waals surface area contributed by atoms with E-state index in [0.29, 0.717) is 5.41 Å². The van der Waals surface area contributed by atoms with Crippen molar-refractivity contribution in [2.45, 2.75) is 40.0 Å². The van der Waals surface area contributed by atoms with E-state index in [2.05, 4.69) is 36.2 Å². The molecular formula is C14H20N4S. The van der Waals surface area contributed by atoms with E-state index in [0.717, 1.165) is 34.8 Å². The number of aryl methyl sites for hydroxylation is 1. The van der Waals surface area contributed by atoms with Crippen molar-refractivity contribution in [3.63, 3.8) is 0 Å². The maximum absolute atomic E-state index is 5.57. The average molecular weight is 276 g/mol. The van der Waals surface area contributed by atoms with Crippen molar-refractivity contribution in [1.82, 2.24) is 9.97 Å². The monoisotopic (exact) mass is 276 g/mol. The molecule has 0 radical (unpaired) electrons. The molecule has 0 aliphatic heterocycles. The molecule has 0 saturated carbocycles. The van der Waals surface area contributed by atoms with Gasteiger partial charge in [0, 0.05) is 4.88 Å². The van der Waals surface area contributed by atoms with Crippen molar-refractivity contribution in [3.8, 4) is 0 Å². The summed E-state index contributed by atoms with van der Waals surface area (Å²) in [6.45, 7) is 7.01. The average Bonchev–Trinajstić information content (AvgIpc) is 2.74. The summed E-state index contributed by atoms with van der Waals surface area (Å²) in [6, 6.07) is 0. The maximum atomic E-state index is 5.57. The van der Waals surface area contributed by atoms with Crippen LogP contribution in [0.5, 0.6) is 0 Å². The maximum Gasteiger partial charge on any atom is 0.152 e. The van der Waals surface area contributed by atoms with E-state index in [4.69, 9.17) is 5.84 Å². The zero-order chi connectivity index (χ0) is 13.6. The molecule has 1 aliphatic carbocycles. The standard InChI is InChI=1S/C14H20N4S/c1-14(2,3)8-4-5-9-10(6-8)19-13-11(9)12(18-15)16-7-17-13/h7-8H,4-6,15H2,1-3H3,(H,16,17,18). The number of hydrogen-bond donors (Lipinski definition) is 2. The first-order valence-electron chi connectivity index (χ1n) is 6.72. The van der Waals surface area contributed by atoms with Gasteiger partial charge in [0.1, 0.15) is 11.2 Å². The summed E-state index contributed by atoms with van der Waals surface area (Å²) < 4.78 is 0. The Hall–Kier alpha value is -1.20. The smallest absolute Gasteiger partial charge is 0.152 e. The summed E-state index contributed by atoms with van der Waals surface area (Å²) in [5, 5.41) is 1.14. The van der Waals surface area contributed by atoms with Crippen LogP contribution >= 0.6 is 11.3 Å². The van der Waals surface area contributed by atoms with Crippen LogP contribution in [0.4, 0.5) is 5.82 Å². The molecule has 1 atom stereocenters. The third-order valence-electron chi connectivity index (χ3n) is 4.21. The minimum Gasteiger partial charge on any atom is -0.308 e. The van der Waals surface area contributed by atoms with Gasteiger partial charge in [-0.2, -0.15) is 0 Å². The topological polar surface area (TPSA) is 63.8 Å².